The van der Waals surface area contributed by atoms with E-state index >= 15 is 0 Å². The number of benzene rings is 1. The average molecular weight is 231 g/mol. The Bertz CT molecular complexity index is 531. The number of aromatic nitrogens is 2. The second-order valence-corrected chi connectivity index (χ2v) is 3.97. The predicted molar refractivity (Wildman–Crippen MR) is 69.0 cm³/mol. The summed E-state index contributed by atoms with van der Waals surface area (Å²) in [5.74, 6) is 0.704. The second kappa shape index (κ2) is 4.49. The number of hydrogen-bond donors (Lipinski definition) is 1. The molecular formula is C13H17N3O. The summed E-state index contributed by atoms with van der Waals surface area (Å²) in [7, 11) is 3.54. The van der Waals surface area contributed by atoms with Crippen molar-refractivity contribution < 1.29 is 4.74 Å². The minimum atomic E-state index is 0.649. The molecule has 1 aromatic carbocycles. The minimum Gasteiger partial charge on any atom is -0.495 e. The van der Waals surface area contributed by atoms with Crippen LogP contribution in [0.1, 0.15) is 12.6 Å². The fourth-order valence-electron chi connectivity index (χ4n) is 1.94. The van der Waals surface area contributed by atoms with Crippen LogP contribution in [0.2, 0.25) is 0 Å². The summed E-state index contributed by atoms with van der Waals surface area (Å²) >= 11 is 0. The molecule has 0 saturated carbocycles. The SMILES string of the molecule is CCc1nn(C)cc1-c1ccc(OC)c(N)c1. The molecule has 0 aliphatic carbocycles. The topological polar surface area (TPSA) is 53.1 Å². The van der Waals surface area contributed by atoms with Gasteiger partial charge in [0.2, 0.25) is 0 Å². The van der Waals surface area contributed by atoms with Crippen molar-refractivity contribution in [3.8, 4) is 16.9 Å². The van der Waals surface area contributed by atoms with E-state index in [4.69, 9.17) is 10.5 Å². The zero-order chi connectivity index (χ0) is 12.4. The Hall–Kier alpha value is -1.97. The lowest BCUT2D eigenvalue weighted by Gasteiger charge is -2.06. The van der Waals surface area contributed by atoms with E-state index in [9.17, 15) is 0 Å². The monoisotopic (exact) mass is 231 g/mol. The van der Waals surface area contributed by atoms with Crippen molar-refractivity contribution in [2.75, 3.05) is 12.8 Å². The molecule has 0 aliphatic heterocycles. The minimum absolute atomic E-state index is 0.649. The van der Waals surface area contributed by atoms with Crippen LogP contribution in [-0.2, 0) is 13.5 Å². The Kier molecular flexibility index (Phi) is 3.04. The van der Waals surface area contributed by atoms with Crippen LogP contribution in [0.3, 0.4) is 0 Å². The van der Waals surface area contributed by atoms with Crippen LogP contribution in [0.4, 0.5) is 5.69 Å². The van der Waals surface area contributed by atoms with Gasteiger partial charge in [-0.3, -0.25) is 4.68 Å². The molecule has 0 saturated heterocycles. The van der Waals surface area contributed by atoms with E-state index in [0.29, 0.717) is 11.4 Å². The van der Waals surface area contributed by atoms with E-state index in [1.807, 2.05) is 36.1 Å². The summed E-state index contributed by atoms with van der Waals surface area (Å²) in [6, 6.07) is 5.82. The van der Waals surface area contributed by atoms with Crippen molar-refractivity contribution in [1.29, 1.82) is 0 Å². The number of hydrogen-bond acceptors (Lipinski definition) is 3. The number of rotatable bonds is 3. The highest BCUT2D eigenvalue weighted by Gasteiger charge is 2.09. The summed E-state index contributed by atoms with van der Waals surface area (Å²) in [6.07, 6.45) is 2.92. The van der Waals surface area contributed by atoms with Crippen LogP contribution in [0.5, 0.6) is 5.75 Å². The summed E-state index contributed by atoms with van der Waals surface area (Å²) < 4.78 is 6.98. The maximum absolute atomic E-state index is 5.92. The van der Waals surface area contributed by atoms with Crippen LogP contribution in [0.25, 0.3) is 11.1 Å². The number of nitrogen functional groups attached to an aromatic ring is 1. The van der Waals surface area contributed by atoms with Gasteiger partial charge >= 0.3 is 0 Å². The number of nitrogens with two attached hydrogens (primary N) is 1. The fraction of sp³-hybridized carbons (Fsp3) is 0.308. The number of aryl methyl sites for hydroxylation is 2. The molecule has 2 N–H and O–H groups in total. The highest BCUT2D eigenvalue weighted by atomic mass is 16.5. The molecule has 0 spiro atoms. The molecule has 2 aromatic rings. The Morgan fingerprint density at radius 3 is 2.76 bits per heavy atom. The summed E-state index contributed by atoms with van der Waals surface area (Å²) in [5.41, 5.74) is 9.85. The van der Waals surface area contributed by atoms with Gasteiger partial charge in [-0.25, -0.2) is 0 Å². The molecule has 90 valence electrons. The van der Waals surface area contributed by atoms with Crippen LogP contribution in [-0.4, -0.2) is 16.9 Å². The highest BCUT2D eigenvalue weighted by molar-refractivity contribution is 5.71. The Morgan fingerprint density at radius 1 is 1.41 bits per heavy atom. The van der Waals surface area contributed by atoms with E-state index in [0.717, 1.165) is 23.2 Å². The molecule has 0 unspecified atom stereocenters. The molecule has 1 heterocycles. The Morgan fingerprint density at radius 2 is 2.18 bits per heavy atom. The molecule has 17 heavy (non-hydrogen) atoms. The second-order valence-electron chi connectivity index (χ2n) is 3.97. The van der Waals surface area contributed by atoms with Gasteiger partial charge in [-0.05, 0) is 24.1 Å². The van der Waals surface area contributed by atoms with Crippen molar-refractivity contribution in [2.24, 2.45) is 7.05 Å². The lowest BCUT2D eigenvalue weighted by Crippen LogP contribution is -1.93. The molecular weight excluding hydrogens is 214 g/mol. The summed E-state index contributed by atoms with van der Waals surface area (Å²) in [6.45, 7) is 2.10. The van der Waals surface area contributed by atoms with Gasteiger partial charge in [0.05, 0.1) is 18.5 Å². The standard InChI is InChI=1S/C13H17N3O/c1-4-12-10(8-16(2)15-12)9-5-6-13(17-3)11(14)7-9/h5-8H,4,14H2,1-3H3. The smallest absolute Gasteiger partial charge is 0.141 e. The van der Waals surface area contributed by atoms with Crippen LogP contribution in [0, 0.1) is 0 Å². The van der Waals surface area contributed by atoms with E-state index in [1.165, 1.54) is 0 Å². The maximum Gasteiger partial charge on any atom is 0.141 e. The van der Waals surface area contributed by atoms with Crippen molar-refractivity contribution >= 4 is 5.69 Å². The molecule has 0 atom stereocenters. The van der Waals surface area contributed by atoms with Crippen molar-refractivity contribution in [2.45, 2.75) is 13.3 Å². The number of anilines is 1. The number of nitrogens with zero attached hydrogens (tertiary/aromatic N) is 2. The van der Waals surface area contributed by atoms with Gasteiger partial charge in [-0.2, -0.15) is 5.10 Å². The van der Waals surface area contributed by atoms with Gasteiger partial charge in [-0.15, -0.1) is 0 Å². The van der Waals surface area contributed by atoms with Gasteiger partial charge < -0.3 is 10.5 Å². The van der Waals surface area contributed by atoms with Crippen LogP contribution in [0.15, 0.2) is 24.4 Å². The first-order chi connectivity index (χ1) is 8.15. The lowest BCUT2D eigenvalue weighted by atomic mass is 10.0. The van der Waals surface area contributed by atoms with Crippen LogP contribution < -0.4 is 10.5 Å². The average Bonchev–Trinajstić information content (AvgIpc) is 2.70. The van der Waals surface area contributed by atoms with E-state index in [-0.39, 0.29) is 0 Å². The first-order valence-electron chi connectivity index (χ1n) is 5.62. The van der Waals surface area contributed by atoms with Gasteiger partial charge in [0.15, 0.2) is 0 Å². The largest absolute Gasteiger partial charge is 0.495 e. The lowest BCUT2D eigenvalue weighted by molar-refractivity contribution is 0.417. The maximum atomic E-state index is 5.92. The molecule has 2 rings (SSSR count). The predicted octanol–water partition coefficient (Wildman–Crippen LogP) is 2.24. The van der Waals surface area contributed by atoms with Crippen LogP contribution >= 0.6 is 0 Å². The third-order valence-electron chi connectivity index (χ3n) is 2.78. The third kappa shape index (κ3) is 2.11. The first kappa shape index (κ1) is 11.5. The number of ether oxygens (including phenoxy) is 1. The summed E-state index contributed by atoms with van der Waals surface area (Å²) in [4.78, 5) is 0. The van der Waals surface area contributed by atoms with Gasteiger partial charge in [0, 0.05) is 18.8 Å². The molecule has 0 fully saturated rings. The molecule has 4 nitrogen and oxygen atoms in total. The van der Waals surface area contributed by atoms with Crippen molar-refractivity contribution in [3.63, 3.8) is 0 Å². The van der Waals surface area contributed by atoms with Gasteiger partial charge in [0.25, 0.3) is 0 Å². The van der Waals surface area contributed by atoms with E-state index < -0.39 is 0 Å². The van der Waals surface area contributed by atoms with Crippen molar-refractivity contribution in [1.82, 2.24) is 9.78 Å². The van der Waals surface area contributed by atoms with Gasteiger partial charge in [-0.1, -0.05) is 13.0 Å². The summed E-state index contributed by atoms with van der Waals surface area (Å²) in [5, 5.41) is 4.42. The fourth-order valence-corrected chi connectivity index (χ4v) is 1.94. The van der Waals surface area contributed by atoms with Gasteiger partial charge in [0.1, 0.15) is 5.75 Å². The quantitative estimate of drug-likeness (QED) is 0.824. The zero-order valence-electron chi connectivity index (χ0n) is 10.4. The van der Waals surface area contributed by atoms with Crippen molar-refractivity contribution in [3.05, 3.63) is 30.1 Å². The zero-order valence-corrected chi connectivity index (χ0v) is 10.4. The van der Waals surface area contributed by atoms with E-state index in [1.54, 1.807) is 7.11 Å². The first-order valence-corrected chi connectivity index (χ1v) is 5.62. The molecule has 0 aliphatic rings. The molecule has 0 bridgehead atoms. The number of methoxy groups -OCH3 is 1. The Labute approximate surface area is 101 Å². The molecule has 1 aromatic heterocycles. The van der Waals surface area contributed by atoms with E-state index in [2.05, 4.69) is 12.0 Å². The molecule has 0 radical (unpaired) electrons. The highest BCUT2D eigenvalue weighted by Crippen LogP contribution is 2.30. The molecule has 0 amide bonds. The molecule has 4 heteroatoms. The third-order valence-corrected chi connectivity index (χ3v) is 2.78. The normalized spacial score (nSPS) is 10.5. The Balaban J connectivity index is 2.49.